The van der Waals surface area contributed by atoms with Crippen molar-refractivity contribution in [2.24, 2.45) is 0 Å². The van der Waals surface area contributed by atoms with Gasteiger partial charge in [0.1, 0.15) is 5.82 Å². The van der Waals surface area contributed by atoms with Crippen molar-refractivity contribution in [3.8, 4) is 11.8 Å². The van der Waals surface area contributed by atoms with E-state index in [2.05, 4.69) is 17.2 Å². The van der Waals surface area contributed by atoms with Gasteiger partial charge in [-0.3, -0.25) is 4.79 Å². The van der Waals surface area contributed by atoms with Gasteiger partial charge in [-0.15, -0.1) is 0 Å². The molecule has 0 saturated carbocycles. The standard InChI is InChI=1S/C14H10FNO2/c15-12-7-2-1-5-11(12)6-3-9-16-14(17)13-8-4-10-18-13/h1-2,4-5,7-8,10H,9H2,(H,16,17). The normalized spacial score (nSPS) is 9.39. The molecule has 18 heavy (non-hydrogen) atoms. The zero-order valence-electron chi connectivity index (χ0n) is 9.44. The van der Waals surface area contributed by atoms with Gasteiger partial charge in [-0.1, -0.05) is 24.0 Å². The quantitative estimate of drug-likeness (QED) is 0.821. The summed E-state index contributed by atoms with van der Waals surface area (Å²) in [6, 6.07) is 9.40. The van der Waals surface area contributed by atoms with Gasteiger partial charge in [0.2, 0.25) is 0 Å². The van der Waals surface area contributed by atoms with Crippen molar-refractivity contribution in [3.05, 3.63) is 59.8 Å². The van der Waals surface area contributed by atoms with Crippen LogP contribution in [-0.4, -0.2) is 12.5 Å². The molecule has 2 rings (SSSR count). The fourth-order valence-electron chi connectivity index (χ4n) is 1.32. The molecule has 0 spiro atoms. The molecule has 4 heteroatoms. The first-order chi connectivity index (χ1) is 8.77. The minimum absolute atomic E-state index is 0.133. The molecule has 0 unspecified atom stereocenters. The minimum Gasteiger partial charge on any atom is -0.459 e. The Morgan fingerprint density at radius 1 is 1.28 bits per heavy atom. The molecule has 0 saturated heterocycles. The number of nitrogens with one attached hydrogen (secondary N) is 1. The van der Waals surface area contributed by atoms with Gasteiger partial charge in [-0.05, 0) is 24.3 Å². The van der Waals surface area contributed by atoms with E-state index in [-0.39, 0.29) is 24.0 Å². The molecule has 0 radical (unpaired) electrons. The largest absolute Gasteiger partial charge is 0.459 e. The Labute approximate surface area is 104 Å². The van der Waals surface area contributed by atoms with Crippen LogP contribution in [-0.2, 0) is 0 Å². The van der Waals surface area contributed by atoms with Gasteiger partial charge < -0.3 is 9.73 Å². The van der Waals surface area contributed by atoms with Crippen molar-refractivity contribution >= 4 is 5.91 Å². The van der Waals surface area contributed by atoms with Crippen LogP contribution in [0, 0.1) is 17.7 Å². The fraction of sp³-hybridized carbons (Fsp3) is 0.0714. The lowest BCUT2D eigenvalue weighted by Gasteiger charge is -1.96. The molecular formula is C14H10FNO2. The molecule has 2 aromatic rings. The van der Waals surface area contributed by atoms with Gasteiger partial charge in [0.05, 0.1) is 18.4 Å². The zero-order chi connectivity index (χ0) is 12.8. The fourth-order valence-corrected chi connectivity index (χ4v) is 1.32. The number of benzene rings is 1. The summed E-state index contributed by atoms with van der Waals surface area (Å²) in [5.74, 6) is 4.82. The molecule has 0 aliphatic heterocycles. The number of halogens is 1. The Hall–Kier alpha value is -2.54. The first-order valence-electron chi connectivity index (χ1n) is 5.32. The number of hydrogen-bond donors (Lipinski definition) is 1. The van der Waals surface area contributed by atoms with Crippen molar-refractivity contribution in [3.63, 3.8) is 0 Å². The van der Waals surface area contributed by atoms with Crippen LogP contribution >= 0.6 is 0 Å². The molecule has 0 bridgehead atoms. The maximum absolute atomic E-state index is 13.2. The van der Waals surface area contributed by atoms with Gasteiger partial charge >= 0.3 is 0 Å². The van der Waals surface area contributed by atoms with E-state index in [4.69, 9.17) is 4.42 Å². The Morgan fingerprint density at radius 3 is 2.83 bits per heavy atom. The minimum atomic E-state index is -0.373. The van der Waals surface area contributed by atoms with Crippen LogP contribution in [0.15, 0.2) is 47.1 Å². The van der Waals surface area contributed by atoms with E-state index in [0.717, 1.165) is 0 Å². The lowest BCUT2D eigenvalue weighted by molar-refractivity contribution is 0.0931. The van der Waals surface area contributed by atoms with Crippen LogP contribution in [0.2, 0.25) is 0 Å². The van der Waals surface area contributed by atoms with E-state index in [9.17, 15) is 9.18 Å². The number of rotatable bonds is 2. The molecule has 1 N–H and O–H groups in total. The average Bonchev–Trinajstić information content (AvgIpc) is 2.90. The number of hydrogen-bond acceptors (Lipinski definition) is 2. The monoisotopic (exact) mass is 243 g/mol. The Kier molecular flexibility index (Phi) is 3.77. The van der Waals surface area contributed by atoms with Crippen molar-refractivity contribution < 1.29 is 13.6 Å². The highest BCUT2D eigenvalue weighted by Gasteiger charge is 2.05. The van der Waals surface area contributed by atoms with Gasteiger partial charge in [0, 0.05) is 0 Å². The SMILES string of the molecule is O=C(NCC#Cc1ccccc1F)c1ccco1. The van der Waals surface area contributed by atoms with Crippen LogP contribution in [0.25, 0.3) is 0 Å². The van der Waals surface area contributed by atoms with Crippen molar-refractivity contribution in [2.75, 3.05) is 6.54 Å². The second-order valence-electron chi connectivity index (χ2n) is 3.44. The third-order valence-corrected chi connectivity index (χ3v) is 2.18. The van der Waals surface area contributed by atoms with E-state index in [1.807, 2.05) is 0 Å². The second kappa shape index (κ2) is 5.69. The van der Waals surface area contributed by atoms with Gasteiger partial charge in [-0.2, -0.15) is 0 Å². The summed E-state index contributed by atoms with van der Waals surface area (Å²) >= 11 is 0. The lowest BCUT2D eigenvalue weighted by atomic mass is 10.2. The zero-order valence-corrected chi connectivity index (χ0v) is 9.44. The molecule has 3 nitrogen and oxygen atoms in total. The molecule has 1 heterocycles. The summed E-state index contributed by atoms with van der Waals surface area (Å²) in [4.78, 5) is 11.4. The molecule has 90 valence electrons. The van der Waals surface area contributed by atoms with Crippen LogP contribution in [0.1, 0.15) is 16.1 Å². The third-order valence-electron chi connectivity index (χ3n) is 2.18. The van der Waals surface area contributed by atoms with E-state index in [1.54, 1.807) is 30.3 Å². The predicted molar refractivity (Wildman–Crippen MR) is 64.3 cm³/mol. The number of carbonyl (C=O) groups excluding carboxylic acids is 1. The topological polar surface area (TPSA) is 42.2 Å². The van der Waals surface area contributed by atoms with E-state index >= 15 is 0 Å². The lowest BCUT2D eigenvalue weighted by Crippen LogP contribution is -2.22. The molecule has 0 aliphatic carbocycles. The summed E-state index contributed by atoms with van der Waals surface area (Å²) < 4.78 is 18.1. The van der Waals surface area contributed by atoms with E-state index < -0.39 is 0 Å². The highest BCUT2D eigenvalue weighted by molar-refractivity contribution is 5.91. The van der Waals surface area contributed by atoms with E-state index in [1.165, 1.54) is 12.3 Å². The number of carbonyl (C=O) groups is 1. The Balaban J connectivity index is 1.90. The van der Waals surface area contributed by atoms with Crippen molar-refractivity contribution in [1.82, 2.24) is 5.32 Å². The first kappa shape index (κ1) is 11.9. The molecule has 1 aromatic carbocycles. The average molecular weight is 243 g/mol. The second-order valence-corrected chi connectivity index (χ2v) is 3.44. The van der Waals surface area contributed by atoms with Gasteiger partial charge in [0.25, 0.3) is 5.91 Å². The Morgan fingerprint density at radius 2 is 2.11 bits per heavy atom. The molecule has 0 atom stereocenters. The van der Waals surface area contributed by atoms with Crippen LogP contribution in [0.3, 0.4) is 0 Å². The maximum Gasteiger partial charge on any atom is 0.287 e. The number of amides is 1. The van der Waals surface area contributed by atoms with Crippen molar-refractivity contribution in [2.45, 2.75) is 0 Å². The smallest absolute Gasteiger partial charge is 0.287 e. The summed E-state index contributed by atoms with van der Waals surface area (Å²) in [6.07, 6.45) is 1.42. The highest BCUT2D eigenvalue weighted by Crippen LogP contribution is 2.03. The molecule has 0 fully saturated rings. The predicted octanol–water partition coefficient (Wildman–Crippen LogP) is 2.20. The van der Waals surface area contributed by atoms with Crippen LogP contribution in [0.4, 0.5) is 4.39 Å². The maximum atomic E-state index is 13.2. The highest BCUT2D eigenvalue weighted by atomic mass is 19.1. The number of furan rings is 1. The van der Waals surface area contributed by atoms with E-state index in [0.29, 0.717) is 5.56 Å². The summed E-state index contributed by atoms with van der Waals surface area (Å²) in [5.41, 5.74) is 0.310. The molecule has 1 amide bonds. The molecular weight excluding hydrogens is 233 g/mol. The summed E-state index contributed by atoms with van der Waals surface area (Å²) in [6.45, 7) is 0.133. The molecule has 1 aromatic heterocycles. The molecule has 0 aliphatic rings. The third kappa shape index (κ3) is 2.98. The Bertz CT molecular complexity index is 594. The summed E-state index contributed by atoms with van der Waals surface area (Å²) in [7, 11) is 0. The van der Waals surface area contributed by atoms with Gasteiger partial charge in [-0.25, -0.2) is 4.39 Å². The van der Waals surface area contributed by atoms with Crippen LogP contribution in [0.5, 0.6) is 0 Å². The summed E-state index contributed by atoms with van der Waals surface area (Å²) in [5, 5.41) is 2.55. The first-order valence-corrected chi connectivity index (χ1v) is 5.32. The van der Waals surface area contributed by atoms with Crippen molar-refractivity contribution in [1.29, 1.82) is 0 Å². The van der Waals surface area contributed by atoms with Crippen LogP contribution < -0.4 is 5.32 Å². The van der Waals surface area contributed by atoms with Gasteiger partial charge in [0.15, 0.2) is 5.76 Å².